The zero-order chi connectivity index (χ0) is 15.4. The van der Waals surface area contributed by atoms with Gasteiger partial charge >= 0.3 is 0 Å². The van der Waals surface area contributed by atoms with Crippen LogP contribution in [0, 0.1) is 11.8 Å². The van der Waals surface area contributed by atoms with Crippen LogP contribution in [0.3, 0.4) is 0 Å². The maximum absolute atomic E-state index is 12.2. The molecule has 0 aromatic carbocycles. The molecule has 2 aliphatic rings. The van der Waals surface area contributed by atoms with Crippen molar-refractivity contribution in [1.29, 1.82) is 0 Å². The van der Waals surface area contributed by atoms with Crippen molar-refractivity contribution in [1.82, 2.24) is 10.2 Å². The number of carbonyl (C=O) groups is 2. The fraction of sp³-hybridized carbons (Fsp3) is 0.882. The number of Topliss-reactive ketones (excluding diaryl/α,β-unsaturated/α-hetero) is 1. The third-order valence-corrected chi connectivity index (χ3v) is 5.22. The highest BCUT2D eigenvalue weighted by molar-refractivity contribution is 5.84. The van der Waals surface area contributed by atoms with E-state index in [9.17, 15) is 9.59 Å². The number of rotatable bonds is 5. The summed E-state index contributed by atoms with van der Waals surface area (Å²) in [4.78, 5) is 26.5. The molecule has 21 heavy (non-hydrogen) atoms. The van der Waals surface area contributed by atoms with Gasteiger partial charge in [0, 0.05) is 24.4 Å². The molecule has 0 spiro atoms. The Morgan fingerprint density at radius 1 is 1.24 bits per heavy atom. The van der Waals surface area contributed by atoms with Gasteiger partial charge in [0.15, 0.2) is 0 Å². The summed E-state index contributed by atoms with van der Waals surface area (Å²) in [5.41, 5.74) is 0. The minimum absolute atomic E-state index is 0.105. The maximum Gasteiger partial charge on any atom is 0.234 e. The van der Waals surface area contributed by atoms with E-state index in [4.69, 9.17) is 0 Å². The van der Waals surface area contributed by atoms with Crippen molar-refractivity contribution in [2.45, 2.75) is 71.4 Å². The maximum atomic E-state index is 12.2. The number of likely N-dealkylation sites (tertiary alicyclic amines) is 1. The average Bonchev–Trinajstić information content (AvgIpc) is 2.85. The summed E-state index contributed by atoms with van der Waals surface area (Å²) in [5.74, 6) is 1.15. The van der Waals surface area contributed by atoms with E-state index in [1.807, 2.05) is 0 Å². The molecule has 0 radical (unpaired) electrons. The van der Waals surface area contributed by atoms with Crippen LogP contribution in [0.15, 0.2) is 0 Å². The van der Waals surface area contributed by atoms with E-state index in [-0.39, 0.29) is 17.9 Å². The Kier molecular flexibility index (Phi) is 5.80. The molecule has 1 saturated heterocycles. The standard InChI is InChI=1S/C17H30N2O2/c1-12(2)13(3)18-17(21)11-19-10-5-4-8-15(19)14-7-6-9-16(14)20/h12-15H,4-11H2,1-3H3,(H,18,21). The van der Waals surface area contributed by atoms with Crippen molar-refractivity contribution in [2.75, 3.05) is 13.1 Å². The molecular formula is C17H30N2O2. The molecule has 120 valence electrons. The Hall–Kier alpha value is -0.900. The summed E-state index contributed by atoms with van der Waals surface area (Å²) in [6.07, 6.45) is 6.20. The number of amides is 1. The summed E-state index contributed by atoms with van der Waals surface area (Å²) in [6.45, 7) is 7.69. The monoisotopic (exact) mass is 294 g/mol. The second kappa shape index (κ2) is 7.39. The summed E-state index contributed by atoms with van der Waals surface area (Å²) in [6, 6.07) is 0.503. The van der Waals surface area contributed by atoms with Crippen LogP contribution >= 0.6 is 0 Å². The molecule has 0 aromatic rings. The highest BCUT2D eigenvalue weighted by Crippen LogP contribution is 2.32. The van der Waals surface area contributed by atoms with E-state index in [1.165, 1.54) is 6.42 Å². The Morgan fingerprint density at radius 3 is 2.62 bits per heavy atom. The van der Waals surface area contributed by atoms with Gasteiger partial charge in [-0.3, -0.25) is 14.5 Å². The van der Waals surface area contributed by atoms with E-state index < -0.39 is 0 Å². The van der Waals surface area contributed by atoms with Gasteiger partial charge in [0.2, 0.25) is 5.91 Å². The molecule has 4 heteroatoms. The van der Waals surface area contributed by atoms with Crippen LogP contribution in [0.5, 0.6) is 0 Å². The SMILES string of the molecule is CC(C)C(C)NC(=O)CN1CCCCC1C1CCCC1=O. The van der Waals surface area contributed by atoms with Gasteiger partial charge in [-0.15, -0.1) is 0 Å². The minimum atomic E-state index is 0.105. The molecule has 1 aliphatic heterocycles. The minimum Gasteiger partial charge on any atom is -0.352 e. The summed E-state index contributed by atoms with van der Waals surface area (Å²) in [7, 11) is 0. The third kappa shape index (κ3) is 4.29. The fourth-order valence-corrected chi connectivity index (χ4v) is 3.57. The zero-order valence-electron chi connectivity index (χ0n) is 13.7. The van der Waals surface area contributed by atoms with Crippen LogP contribution in [0.1, 0.15) is 59.3 Å². The lowest BCUT2D eigenvalue weighted by Gasteiger charge is -2.38. The molecule has 1 heterocycles. The number of nitrogens with one attached hydrogen (secondary N) is 1. The molecule has 1 aliphatic carbocycles. The smallest absolute Gasteiger partial charge is 0.234 e. The van der Waals surface area contributed by atoms with Gasteiger partial charge in [-0.25, -0.2) is 0 Å². The van der Waals surface area contributed by atoms with E-state index in [0.29, 0.717) is 24.3 Å². The number of hydrogen-bond acceptors (Lipinski definition) is 3. The summed E-state index contributed by atoms with van der Waals surface area (Å²) in [5, 5.41) is 3.08. The Labute approximate surface area is 128 Å². The molecule has 1 saturated carbocycles. The first-order valence-corrected chi connectivity index (χ1v) is 8.55. The van der Waals surface area contributed by atoms with Crippen LogP contribution in [0.2, 0.25) is 0 Å². The average molecular weight is 294 g/mol. The Bertz CT molecular complexity index is 381. The van der Waals surface area contributed by atoms with Gasteiger partial charge < -0.3 is 5.32 Å². The number of piperidine rings is 1. The number of hydrogen-bond donors (Lipinski definition) is 1. The summed E-state index contributed by atoms with van der Waals surface area (Å²) >= 11 is 0. The molecule has 3 atom stereocenters. The van der Waals surface area contributed by atoms with Crippen LogP contribution in [-0.2, 0) is 9.59 Å². The van der Waals surface area contributed by atoms with Crippen LogP contribution in [0.25, 0.3) is 0 Å². The van der Waals surface area contributed by atoms with Gasteiger partial charge in [0.1, 0.15) is 5.78 Å². The number of carbonyl (C=O) groups excluding carboxylic acids is 2. The second-order valence-electron chi connectivity index (χ2n) is 7.10. The van der Waals surface area contributed by atoms with Gasteiger partial charge in [-0.05, 0) is 45.1 Å². The van der Waals surface area contributed by atoms with Gasteiger partial charge in [0.05, 0.1) is 6.54 Å². The Balaban J connectivity index is 1.92. The lowest BCUT2D eigenvalue weighted by atomic mass is 9.88. The van der Waals surface area contributed by atoms with E-state index in [2.05, 4.69) is 31.0 Å². The van der Waals surface area contributed by atoms with Crippen molar-refractivity contribution < 1.29 is 9.59 Å². The fourth-order valence-electron chi connectivity index (χ4n) is 3.57. The third-order valence-electron chi connectivity index (χ3n) is 5.22. The van der Waals surface area contributed by atoms with Crippen molar-refractivity contribution in [3.8, 4) is 0 Å². The summed E-state index contributed by atoms with van der Waals surface area (Å²) < 4.78 is 0. The highest BCUT2D eigenvalue weighted by Gasteiger charge is 2.37. The normalized spacial score (nSPS) is 28.9. The largest absolute Gasteiger partial charge is 0.352 e. The molecule has 0 aromatic heterocycles. The predicted octanol–water partition coefficient (Wildman–Crippen LogP) is 2.37. The highest BCUT2D eigenvalue weighted by atomic mass is 16.2. The van der Waals surface area contributed by atoms with Gasteiger partial charge in [0.25, 0.3) is 0 Å². The van der Waals surface area contributed by atoms with Crippen molar-refractivity contribution in [2.24, 2.45) is 11.8 Å². The lowest BCUT2D eigenvalue weighted by molar-refractivity contribution is -0.128. The van der Waals surface area contributed by atoms with Crippen LogP contribution in [0.4, 0.5) is 0 Å². The Morgan fingerprint density at radius 2 is 2.00 bits per heavy atom. The topological polar surface area (TPSA) is 49.4 Å². The number of ketones is 1. The molecule has 2 rings (SSSR count). The molecule has 4 nitrogen and oxygen atoms in total. The second-order valence-corrected chi connectivity index (χ2v) is 7.10. The van der Waals surface area contributed by atoms with Crippen molar-refractivity contribution >= 4 is 11.7 Å². The molecular weight excluding hydrogens is 264 g/mol. The predicted molar refractivity (Wildman–Crippen MR) is 84.0 cm³/mol. The molecule has 2 fully saturated rings. The molecule has 3 unspecified atom stereocenters. The number of nitrogens with zero attached hydrogens (tertiary/aromatic N) is 1. The van der Waals surface area contributed by atoms with E-state index >= 15 is 0 Å². The van der Waals surface area contributed by atoms with Crippen LogP contribution < -0.4 is 5.32 Å². The van der Waals surface area contributed by atoms with Crippen LogP contribution in [-0.4, -0.2) is 41.8 Å². The van der Waals surface area contributed by atoms with Crippen molar-refractivity contribution in [3.63, 3.8) is 0 Å². The first kappa shape index (κ1) is 16.5. The van der Waals surface area contributed by atoms with Gasteiger partial charge in [-0.2, -0.15) is 0 Å². The molecule has 1 N–H and O–H groups in total. The van der Waals surface area contributed by atoms with Crippen molar-refractivity contribution in [3.05, 3.63) is 0 Å². The van der Waals surface area contributed by atoms with E-state index in [0.717, 1.165) is 38.6 Å². The van der Waals surface area contributed by atoms with E-state index in [1.54, 1.807) is 0 Å². The first-order valence-electron chi connectivity index (χ1n) is 8.55. The first-order chi connectivity index (χ1) is 9.99. The van der Waals surface area contributed by atoms with Gasteiger partial charge in [-0.1, -0.05) is 20.3 Å². The lowest BCUT2D eigenvalue weighted by Crippen LogP contribution is -2.50. The quantitative estimate of drug-likeness (QED) is 0.847. The molecule has 1 amide bonds. The molecule has 0 bridgehead atoms. The zero-order valence-corrected chi connectivity index (χ0v) is 13.7.